The van der Waals surface area contributed by atoms with Gasteiger partial charge in [-0.15, -0.1) is 0 Å². The Hall–Kier alpha value is -3.13. The van der Waals surface area contributed by atoms with Gasteiger partial charge in [0.05, 0.1) is 11.8 Å². The summed E-state index contributed by atoms with van der Waals surface area (Å²) in [7, 11) is 0. The maximum absolute atomic E-state index is 12.7. The van der Waals surface area contributed by atoms with Gasteiger partial charge >= 0.3 is 0 Å². The zero-order valence-electron chi connectivity index (χ0n) is 18.4. The fourth-order valence-electron chi connectivity index (χ4n) is 4.41. The maximum Gasteiger partial charge on any atom is 0.264 e. The lowest BCUT2D eigenvalue weighted by molar-refractivity contribution is -0.0127. The fourth-order valence-corrected chi connectivity index (χ4v) is 4.41. The lowest BCUT2D eigenvalue weighted by atomic mass is 9.94. The van der Waals surface area contributed by atoms with Crippen molar-refractivity contribution in [1.29, 1.82) is 0 Å². The molecule has 32 heavy (non-hydrogen) atoms. The lowest BCUT2D eigenvalue weighted by Crippen LogP contribution is -2.28. The molecule has 0 aliphatic carbocycles. The van der Waals surface area contributed by atoms with Crippen LogP contribution in [-0.2, 0) is 24.3 Å². The van der Waals surface area contributed by atoms with Crippen LogP contribution < -0.4 is 14.9 Å². The minimum Gasteiger partial charge on any atom is -0.484 e. The van der Waals surface area contributed by atoms with Gasteiger partial charge in [0.15, 0.2) is 23.7 Å². The van der Waals surface area contributed by atoms with Gasteiger partial charge in [0.1, 0.15) is 12.4 Å². The summed E-state index contributed by atoms with van der Waals surface area (Å²) in [5.41, 5.74) is 3.79. The second-order valence-electron chi connectivity index (χ2n) is 8.36. The van der Waals surface area contributed by atoms with Crippen LogP contribution in [-0.4, -0.2) is 34.0 Å². The van der Waals surface area contributed by atoms with E-state index in [4.69, 9.17) is 18.7 Å². The summed E-state index contributed by atoms with van der Waals surface area (Å²) >= 11 is 0. The van der Waals surface area contributed by atoms with E-state index in [1.807, 2.05) is 25.1 Å². The predicted molar refractivity (Wildman–Crippen MR) is 117 cm³/mol. The van der Waals surface area contributed by atoms with Crippen LogP contribution in [0.3, 0.4) is 0 Å². The van der Waals surface area contributed by atoms with Gasteiger partial charge in [-0.3, -0.25) is 4.79 Å². The third kappa shape index (κ3) is 4.14. The molecule has 0 saturated carbocycles. The molecule has 0 N–H and O–H groups in total. The number of hydrogen-bond donors (Lipinski definition) is 0. The summed E-state index contributed by atoms with van der Waals surface area (Å²) in [6.45, 7) is 5.85. The van der Waals surface area contributed by atoms with Gasteiger partial charge in [-0.25, -0.2) is 0 Å². The second-order valence-corrected chi connectivity index (χ2v) is 8.36. The van der Waals surface area contributed by atoms with Crippen LogP contribution in [0.25, 0.3) is 11.3 Å². The van der Waals surface area contributed by atoms with Gasteiger partial charge in [0.25, 0.3) is 5.89 Å². The molecule has 168 valence electrons. The molecule has 2 aromatic heterocycles. The quantitative estimate of drug-likeness (QED) is 0.582. The number of hydrogen-bond acceptors (Lipinski definition) is 7. The molecule has 0 radical (unpaired) electrons. The summed E-state index contributed by atoms with van der Waals surface area (Å²) in [6, 6.07) is 7.55. The molecular formula is C24H27N3O5. The summed E-state index contributed by atoms with van der Waals surface area (Å²) in [5.74, 6) is 2.37. The molecule has 1 aromatic carbocycles. The van der Waals surface area contributed by atoms with Crippen molar-refractivity contribution in [3.05, 3.63) is 57.3 Å². The molecule has 5 rings (SSSR count). The Morgan fingerprint density at radius 1 is 1.19 bits per heavy atom. The van der Waals surface area contributed by atoms with Crippen LogP contribution in [0.2, 0.25) is 0 Å². The van der Waals surface area contributed by atoms with Crippen molar-refractivity contribution in [2.45, 2.75) is 58.8 Å². The Balaban J connectivity index is 1.39. The summed E-state index contributed by atoms with van der Waals surface area (Å²) in [6.07, 6.45) is 4.17. The zero-order chi connectivity index (χ0) is 22.1. The molecule has 0 spiro atoms. The molecule has 1 unspecified atom stereocenters. The first kappa shape index (κ1) is 20.8. The van der Waals surface area contributed by atoms with Crippen LogP contribution >= 0.6 is 0 Å². The van der Waals surface area contributed by atoms with Crippen molar-refractivity contribution in [1.82, 2.24) is 14.7 Å². The van der Waals surface area contributed by atoms with Gasteiger partial charge in [0, 0.05) is 30.3 Å². The number of nitrogens with zero attached hydrogens (tertiary/aromatic N) is 3. The summed E-state index contributed by atoms with van der Waals surface area (Å²) < 4.78 is 24.9. The van der Waals surface area contributed by atoms with Crippen LogP contribution in [0.1, 0.15) is 42.1 Å². The fraction of sp³-hybridized carbons (Fsp3) is 0.458. The molecular weight excluding hydrogens is 410 g/mol. The minimum absolute atomic E-state index is 0.0178. The van der Waals surface area contributed by atoms with Gasteiger partial charge in [-0.2, -0.15) is 4.98 Å². The third-order valence-corrected chi connectivity index (χ3v) is 6.07. The Kier molecular flexibility index (Phi) is 5.70. The number of ether oxygens (including phenoxy) is 3. The van der Waals surface area contributed by atoms with Crippen molar-refractivity contribution < 1.29 is 18.7 Å². The second kappa shape index (κ2) is 8.78. The van der Waals surface area contributed by atoms with Crippen molar-refractivity contribution in [3.63, 3.8) is 0 Å². The standard InChI is InChI=1S/C24H27N3O5/c1-15-21(28)12-23(31-13-19-5-3-4-10-29-19)27-9-8-17-11-18(6-7-20(17)24(15)27)30-14-22-25-16(2)26-32-22/h6-7,11-12,19H,3-5,8-10,13-14H2,1-2H3. The van der Waals surface area contributed by atoms with E-state index in [9.17, 15) is 4.79 Å². The number of rotatable bonds is 6. The molecule has 0 amide bonds. The molecule has 1 saturated heterocycles. The third-order valence-electron chi connectivity index (χ3n) is 6.07. The molecule has 1 atom stereocenters. The van der Waals surface area contributed by atoms with E-state index in [1.54, 1.807) is 13.0 Å². The number of pyridine rings is 1. The number of fused-ring (bicyclic) bond motifs is 3. The topological polar surface area (TPSA) is 88.6 Å². The highest BCUT2D eigenvalue weighted by Gasteiger charge is 2.23. The lowest BCUT2D eigenvalue weighted by Gasteiger charge is -2.28. The van der Waals surface area contributed by atoms with Crippen molar-refractivity contribution >= 4 is 0 Å². The summed E-state index contributed by atoms with van der Waals surface area (Å²) in [5, 5.41) is 3.78. The van der Waals surface area contributed by atoms with Gasteiger partial charge < -0.3 is 23.3 Å². The number of benzene rings is 1. The first-order valence-corrected chi connectivity index (χ1v) is 11.1. The molecule has 2 aliphatic heterocycles. The monoisotopic (exact) mass is 437 g/mol. The number of aromatic nitrogens is 3. The van der Waals surface area contributed by atoms with E-state index in [1.165, 1.54) is 0 Å². The van der Waals surface area contributed by atoms with Gasteiger partial charge in [-0.05, 0) is 63.3 Å². The van der Waals surface area contributed by atoms with Gasteiger partial charge in [-0.1, -0.05) is 5.16 Å². The largest absolute Gasteiger partial charge is 0.484 e. The normalized spacial score (nSPS) is 17.5. The predicted octanol–water partition coefficient (Wildman–Crippen LogP) is 3.60. The van der Waals surface area contributed by atoms with Gasteiger partial charge in [0.2, 0.25) is 0 Å². The van der Waals surface area contributed by atoms with E-state index in [0.29, 0.717) is 24.2 Å². The van der Waals surface area contributed by atoms with Crippen LogP contribution in [0.15, 0.2) is 33.6 Å². The summed E-state index contributed by atoms with van der Waals surface area (Å²) in [4.78, 5) is 16.9. The highest BCUT2D eigenvalue weighted by Crippen LogP contribution is 2.36. The molecule has 2 aliphatic rings. The molecule has 4 heterocycles. The van der Waals surface area contributed by atoms with E-state index < -0.39 is 0 Å². The average Bonchev–Trinajstić information content (AvgIpc) is 3.24. The van der Waals surface area contributed by atoms with Crippen molar-refractivity contribution in [2.75, 3.05) is 13.2 Å². The van der Waals surface area contributed by atoms with Crippen LogP contribution in [0.5, 0.6) is 11.6 Å². The first-order chi connectivity index (χ1) is 15.6. The van der Waals surface area contributed by atoms with Crippen LogP contribution in [0.4, 0.5) is 0 Å². The Bertz CT molecular complexity index is 1180. The number of aryl methyl sites for hydroxylation is 2. The van der Waals surface area contributed by atoms with E-state index in [2.05, 4.69) is 14.7 Å². The van der Waals surface area contributed by atoms with Crippen molar-refractivity contribution in [2.24, 2.45) is 0 Å². The first-order valence-electron chi connectivity index (χ1n) is 11.1. The molecule has 1 fully saturated rings. The van der Waals surface area contributed by atoms with E-state index >= 15 is 0 Å². The minimum atomic E-state index is -0.0178. The SMILES string of the molecule is Cc1noc(COc2ccc3c(c2)CCn2c(OCC4CCCCO4)cc(=O)c(C)c2-3)n1. The molecule has 8 nitrogen and oxygen atoms in total. The molecule has 0 bridgehead atoms. The van der Waals surface area contributed by atoms with Crippen molar-refractivity contribution in [3.8, 4) is 22.9 Å². The smallest absolute Gasteiger partial charge is 0.264 e. The Labute approximate surface area is 186 Å². The molecule has 8 heteroatoms. The Morgan fingerprint density at radius 3 is 2.88 bits per heavy atom. The highest BCUT2D eigenvalue weighted by molar-refractivity contribution is 5.70. The van der Waals surface area contributed by atoms with E-state index in [0.717, 1.165) is 67.0 Å². The van der Waals surface area contributed by atoms with Crippen LogP contribution in [0, 0.1) is 13.8 Å². The molecule has 3 aromatic rings. The maximum atomic E-state index is 12.7. The zero-order valence-corrected chi connectivity index (χ0v) is 18.4. The highest BCUT2D eigenvalue weighted by atomic mass is 16.5. The van der Waals surface area contributed by atoms with E-state index in [-0.39, 0.29) is 18.1 Å². The Morgan fingerprint density at radius 2 is 2.09 bits per heavy atom. The average molecular weight is 437 g/mol.